The molecule has 5 nitrogen and oxygen atoms in total. The van der Waals surface area contributed by atoms with Gasteiger partial charge in [0.1, 0.15) is 5.78 Å². The third-order valence-corrected chi connectivity index (χ3v) is 4.86. The Morgan fingerprint density at radius 3 is 2.91 bits per heavy atom. The van der Waals surface area contributed by atoms with Gasteiger partial charge in [0.2, 0.25) is 0 Å². The standard InChI is InChI=1S/C16H19BrN2O3S/c1-11(20)4-3-9-23-16-18-14-6-5-12(17)10-13(14)15(21)19(16)7-8-22-2/h5-6,10H,3-4,7-9H2,1-2H3. The van der Waals surface area contributed by atoms with Crippen LogP contribution in [0.3, 0.4) is 0 Å². The van der Waals surface area contributed by atoms with E-state index in [1.807, 2.05) is 12.1 Å². The summed E-state index contributed by atoms with van der Waals surface area (Å²) < 4.78 is 7.60. The molecule has 1 aromatic carbocycles. The molecule has 1 heterocycles. The van der Waals surface area contributed by atoms with Crippen LogP contribution in [-0.2, 0) is 16.1 Å². The zero-order chi connectivity index (χ0) is 16.8. The van der Waals surface area contributed by atoms with Crippen LogP contribution in [-0.4, -0.2) is 34.8 Å². The second-order valence-corrected chi connectivity index (χ2v) is 7.14. The summed E-state index contributed by atoms with van der Waals surface area (Å²) in [5.41, 5.74) is 0.614. The van der Waals surface area contributed by atoms with Crippen molar-refractivity contribution in [3.05, 3.63) is 33.0 Å². The Morgan fingerprint density at radius 1 is 1.43 bits per heavy atom. The number of rotatable bonds is 8. The maximum atomic E-state index is 12.7. The minimum absolute atomic E-state index is 0.0672. The van der Waals surface area contributed by atoms with E-state index in [2.05, 4.69) is 20.9 Å². The lowest BCUT2D eigenvalue weighted by Gasteiger charge is -2.12. The van der Waals surface area contributed by atoms with E-state index in [4.69, 9.17) is 4.74 Å². The highest BCUT2D eigenvalue weighted by atomic mass is 79.9. The van der Waals surface area contributed by atoms with E-state index in [9.17, 15) is 9.59 Å². The first-order valence-electron chi connectivity index (χ1n) is 7.34. The molecule has 2 rings (SSSR count). The van der Waals surface area contributed by atoms with Crippen LogP contribution in [0.4, 0.5) is 0 Å². The number of fused-ring (bicyclic) bond motifs is 1. The minimum Gasteiger partial charge on any atom is -0.383 e. The molecule has 1 aromatic heterocycles. The molecule has 0 unspecified atom stereocenters. The monoisotopic (exact) mass is 398 g/mol. The van der Waals surface area contributed by atoms with Gasteiger partial charge in [-0.3, -0.25) is 9.36 Å². The van der Waals surface area contributed by atoms with Gasteiger partial charge in [0.05, 0.1) is 24.1 Å². The number of benzene rings is 1. The number of carbonyl (C=O) groups excluding carboxylic acids is 1. The van der Waals surface area contributed by atoms with Crippen LogP contribution in [0.5, 0.6) is 0 Å². The van der Waals surface area contributed by atoms with Crippen molar-refractivity contribution in [2.75, 3.05) is 19.5 Å². The van der Waals surface area contributed by atoms with Crippen molar-refractivity contribution in [3.63, 3.8) is 0 Å². The van der Waals surface area contributed by atoms with Crippen LogP contribution in [0, 0.1) is 0 Å². The van der Waals surface area contributed by atoms with Gasteiger partial charge in [-0.1, -0.05) is 27.7 Å². The summed E-state index contributed by atoms with van der Waals surface area (Å²) in [7, 11) is 1.61. The van der Waals surface area contributed by atoms with Crippen LogP contribution in [0.15, 0.2) is 32.6 Å². The van der Waals surface area contributed by atoms with E-state index in [-0.39, 0.29) is 11.3 Å². The molecule has 0 spiro atoms. The van der Waals surface area contributed by atoms with Crippen molar-refractivity contribution in [2.24, 2.45) is 0 Å². The van der Waals surface area contributed by atoms with Crippen molar-refractivity contribution >= 4 is 44.4 Å². The lowest BCUT2D eigenvalue weighted by molar-refractivity contribution is -0.117. The van der Waals surface area contributed by atoms with E-state index >= 15 is 0 Å². The molecular formula is C16H19BrN2O3S. The largest absolute Gasteiger partial charge is 0.383 e. The number of ketones is 1. The zero-order valence-electron chi connectivity index (χ0n) is 13.2. The molecule has 23 heavy (non-hydrogen) atoms. The molecule has 0 saturated heterocycles. The number of thioether (sulfide) groups is 1. The zero-order valence-corrected chi connectivity index (χ0v) is 15.6. The highest BCUT2D eigenvalue weighted by Crippen LogP contribution is 2.21. The molecule has 0 fully saturated rings. The van der Waals surface area contributed by atoms with Crippen LogP contribution >= 0.6 is 27.7 Å². The number of hydrogen-bond donors (Lipinski definition) is 0. The van der Waals surface area contributed by atoms with Gasteiger partial charge in [-0.25, -0.2) is 4.98 Å². The van der Waals surface area contributed by atoms with Gasteiger partial charge in [-0.2, -0.15) is 0 Å². The Balaban J connectivity index is 2.34. The summed E-state index contributed by atoms with van der Waals surface area (Å²) in [4.78, 5) is 28.4. The Kier molecular flexibility index (Phi) is 6.80. The second-order valence-electron chi connectivity index (χ2n) is 5.16. The van der Waals surface area contributed by atoms with Crippen LogP contribution in [0.25, 0.3) is 10.9 Å². The maximum Gasteiger partial charge on any atom is 0.262 e. The molecule has 0 saturated carbocycles. The SMILES string of the molecule is COCCn1c(SCCCC(C)=O)nc2ccc(Br)cc2c1=O. The highest BCUT2D eigenvalue weighted by Gasteiger charge is 2.12. The Morgan fingerprint density at radius 2 is 2.22 bits per heavy atom. The molecule has 0 aliphatic carbocycles. The smallest absolute Gasteiger partial charge is 0.262 e. The number of methoxy groups -OCH3 is 1. The summed E-state index contributed by atoms with van der Waals surface area (Å²) in [6.45, 7) is 2.49. The molecule has 0 radical (unpaired) electrons. The summed E-state index contributed by atoms with van der Waals surface area (Å²) in [5, 5.41) is 1.26. The molecule has 0 amide bonds. The summed E-state index contributed by atoms with van der Waals surface area (Å²) >= 11 is 4.89. The first kappa shape index (κ1) is 18.2. The molecule has 0 N–H and O–H groups in total. The van der Waals surface area contributed by atoms with Crippen molar-refractivity contribution in [2.45, 2.75) is 31.5 Å². The highest BCUT2D eigenvalue weighted by molar-refractivity contribution is 9.10. The molecule has 0 aliphatic rings. The fraction of sp³-hybridized carbons (Fsp3) is 0.438. The summed E-state index contributed by atoms with van der Waals surface area (Å²) in [5.74, 6) is 0.930. The summed E-state index contributed by atoms with van der Waals surface area (Å²) in [6.07, 6.45) is 1.33. The normalized spacial score (nSPS) is 11.1. The van der Waals surface area contributed by atoms with Crippen molar-refractivity contribution in [1.82, 2.24) is 9.55 Å². The van der Waals surface area contributed by atoms with Crippen LogP contribution in [0.2, 0.25) is 0 Å². The van der Waals surface area contributed by atoms with Crippen LogP contribution in [0.1, 0.15) is 19.8 Å². The third-order valence-electron chi connectivity index (χ3n) is 3.30. The van der Waals surface area contributed by atoms with Crippen molar-refractivity contribution in [1.29, 1.82) is 0 Å². The van der Waals surface area contributed by atoms with Gasteiger partial charge in [0.15, 0.2) is 5.16 Å². The number of halogens is 1. The lowest BCUT2D eigenvalue weighted by atomic mass is 10.2. The molecular weight excluding hydrogens is 380 g/mol. The first-order chi connectivity index (χ1) is 11.0. The number of nitrogens with zero attached hydrogens (tertiary/aromatic N) is 2. The van der Waals surface area contributed by atoms with Gasteiger partial charge >= 0.3 is 0 Å². The van der Waals surface area contributed by atoms with E-state index in [0.717, 1.165) is 16.6 Å². The Bertz CT molecular complexity index is 761. The average molecular weight is 399 g/mol. The van der Waals surface area contributed by atoms with E-state index in [0.29, 0.717) is 35.6 Å². The predicted octanol–water partition coefficient (Wildman–Crippen LogP) is 3.27. The summed E-state index contributed by atoms with van der Waals surface area (Å²) in [6, 6.07) is 5.50. The number of carbonyl (C=O) groups is 1. The molecule has 7 heteroatoms. The quantitative estimate of drug-likeness (QED) is 0.387. The predicted molar refractivity (Wildman–Crippen MR) is 96.2 cm³/mol. The molecule has 0 atom stereocenters. The van der Waals surface area contributed by atoms with Gasteiger partial charge < -0.3 is 9.53 Å². The third kappa shape index (κ3) is 4.89. The Hall–Kier alpha value is -1.18. The van der Waals surface area contributed by atoms with Gasteiger partial charge in [0, 0.05) is 23.8 Å². The molecule has 2 aromatic rings. The lowest BCUT2D eigenvalue weighted by Crippen LogP contribution is -2.25. The second kappa shape index (κ2) is 8.61. The van der Waals surface area contributed by atoms with Gasteiger partial charge in [-0.05, 0) is 31.5 Å². The van der Waals surface area contributed by atoms with E-state index in [1.54, 1.807) is 24.7 Å². The maximum absolute atomic E-state index is 12.7. The fourth-order valence-electron chi connectivity index (χ4n) is 2.15. The van der Waals surface area contributed by atoms with Gasteiger partial charge in [0.25, 0.3) is 5.56 Å². The number of aromatic nitrogens is 2. The van der Waals surface area contributed by atoms with E-state index in [1.165, 1.54) is 11.8 Å². The topological polar surface area (TPSA) is 61.2 Å². The first-order valence-corrected chi connectivity index (χ1v) is 9.12. The molecule has 0 bridgehead atoms. The van der Waals surface area contributed by atoms with Gasteiger partial charge in [-0.15, -0.1) is 0 Å². The minimum atomic E-state index is -0.0672. The van der Waals surface area contributed by atoms with Crippen molar-refractivity contribution in [3.8, 4) is 0 Å². The molecule has 0 aliphatic heterocycles. The number of ether oxygens (including phenoxy) is 1. The van der Waals surface area contributed by atoms with E-state index < -0.39 is 0 Å². The fourth-order valence-corrected chi connectivity index (χ4v) is 3.47. The van der Waals surface area contributed by atoms with Crippen LogP contribution < -0.4 is 5.56 Å². The number of hydrogen-bond acceptors (Lipinski definition) is 5. The van der Waals surface area contributed by atoms with Crippen molar-refractivity contribution < 1.29 is 9.53 Å². The molecule has 124 valence electrons. The number of Topliss-reactive ketones (excluding diaryl/α,β-unsaturated/α-hetero) is 1. The Labute approximate surface area is 147 Å². The average Bonchev–Trinajstić information content (AvgIpc) is 2.51.